The Hall–Kier alpha value is -2.15. The third kappa shape index (κ3) is 3.91. The standard InChI is InChI=1S/C14H16N2O4S/c1-8(2)12(14(18)19)16-11(17)6-9-7-21-13(15-9)10-4-3-5-20-10/h3-5,7-8,12H,6H2,1-2H3,(H,16,17)(H,18,19)/t12-/m0/s1. The van der Waals surface area contributed by atoms with Gasteiger partial charge in [0.1, 0.15) is 6.04 Å². The van der Waals surface area contributed by atoms with E-state index in [2.05, 4.69) is 10.3 Å². The lowest BCUT2D eigenvalue weighted by atomic mass is 10.0. The van der Waals surface area contributed by atoms with Gasteiger partial charge in [0.2, 0.25) is 5.91 Å². The first-order chi connectivity index (χ1) is 9.97. The minimum absolute atomic E-state index is 0.0493. The molecule has 0 radical (unpaired) electrons. The van der Waals surface area contributed by atoms with Crippen molar-refractivity contribution in [3.63, 3.8) is 0 Å². The highest BCUT2D eigenvalue weighted by molar-refractivity contribution is 7.13. The van der Waals surface area contributed by atoms with E-state index in [0.29, 0.717) is 16.5 Å². The summed E-state index contributed by atoms with van der Waals surface area (Å²) in [5.41, 5.74) is 0.594. The molecular formula is C14H16N2O4S. The van der Waals surface area contributed by atoms with Gasteiger partial charge in [-0.2, -0.15) is 0 Å². The van der Waals surface area contributed by atoms with Crippen LogP contribution in [0.1, 0.15) is 19.5 Å². The lowest BCUT2D eigenvalue weighted by molar-refractivity contribution is -0.143. The van der Waals surface area contributed by atoms with E-state index >= 15 is 0 Å². The highest BCUT2D eigenvalue weighted by Crippen LogP contribution is 2.24. The lowest BCUT2D eigenvalue weighted by Gasteiger charge is -2.17. The average Bonchev–Trinajstić information content (AvgIpc) is 3.05. The first-order valence-electron chi connectivity index (χ1n) is 6.48. The molecule has 0 unspecified atom stereocenters. The summed E-state index contributed by atoms with van der Waals surface area (Å²) in [5, 5.41) is 14.0. The molecule has 0 saturated heterocycles. The van der Waals surface area contributed by atoms with E-state index in [4.69, 9.17) is 9.52 Å². The quantitative estimate of drug-likeness (QED) is 0.853. The molecule has 2 rings (SSSR count). The van der Waals surface area contributed by atoms with Crippen LogP contribution in [0.4, 0.5) is 0 Å². The number of hydrogen-bond donors (Lipinski definition) is 2. The van der Waals surface area contributed by atoms with Gasteiger partial charge in [0.05, 0.1) is 18.4 Å². The van der Waals surface area contributed by atoms with E-state index in [1.807, 2.05) is 0 Å². The summed E-state index contributed by atoms with van der Waals surface area (Å²) in [6.07, 6.45) is 1.61. The van der Waals surface area contributed by atoms with Gasteiger partial charge in [0.15, 0.2) is 10.8 Å². The highest BCUT2D eigenvalue weighted by atomic mass is 32.1. The molecule has 0 aliphatic carbocycles. The van der Waals surface area contributed by atoms with Crippen LogP contribution in [0.5, 0.6) is 0 Å². The molecule has 2 aromatic heterocycles. The molecule has 112 valence electrons. The van der Waals surface area contributed by atoms with Crippen molar-refractivity contribution in [3.8, 4) is 10.8 Å². The molecule has 0 aliphatic heterocycles. The van der Waals surface area contributed by atoms with E-state index in [0.717, 1.165) is 0 Å². The van der Waals surface area contributed by atoms with Gasteiger partial charge in [0.25, 0.3) is 0 Å². The average molecular weight is 308 g/mol. The van der Waals surface area contributed by atoms with Crippen LogP contribution in [-0.4, -0.2) is 28.0 Å². The number of aromatic nitrogens is 1. The summed E-state index contributed by atoms with van der Waals surface area (Å²) in [4.78, 5) is 27.2. The van der Waals surface area contributed by atoms with Crippen LogP contribution in [0, 0.1) is 5.92 Å². The molecule has 2 heterocycles. The largest absolute Gasteiger partial charge is 0.480 e. The SMILES string of the molecule is CC(C)[C@H](NC(=O)Cc1csc(-c2ccco2)n1)C(=O)O. The van der Waals surface area contributed by atoms with Gasteiger partial charge in [0, 0.05) is 5.38 Å². The lowest BCUT2D eigenvalue weighted by Crippen LogP contribution is -2.44. The highest BCUT2D eigenvalue weighted by Gasteiger charge is 2.23. The Balaban J connectivity index is 1.98. The Kier molecular flexibility index (Phi) is 4.74. The number of hydrogen-bond acceptors (Lipinski definition) is 5. The second-order valence-corrected chi connectivity index (χ2v) is 5.78. The molecule has 0 fully saturated rings. The fourth-order valence-electron chi connectivity index (χ4n) is 1.80. The molecule has 1 amide bonds. The van der Waals surface area contributed by atoms with Crippen molar-refractivity contribution < 1.29 is 19.1 Å². The number of rotatable bonds is 6. The van der Waals surface area contributed by atoms with Crippen molar-refractivity contribution in [1.82, 2.24) is 10.3 Å². The third-order valence-electron chi connectivity index (χ3n) is 2.87. The zero-order chi connectivity index (χ0) is 15.4. The Morgan fingerprint density at radius 2 is 2.24 bits per heavy atom. The predicted octanol–water partition coefficient (Wildman–Crippen LogP) is 2.17. The fraction of sp³-hybridized carbons (Fsp3) is 0.357. The maximum absolute atomic E-state index is 11.9. The van der Waals surface area contributed by atoms with Crippen LogP contribution >= 0.6 is 11.3 Å². The van der Waals surface area contributed by atoms with Crippen molar-refractivity contribution >= 4 is 23.2 Å². The minimum atomic E-state index is -1.03. The smallest absolute Gasteiger partial charge is 0.326 e. The summed E-state index contributed by atoms with van der Waals surface area (Å²) >= 11 is 1.38. The molecule has 0 spiro atoms. The number of nitrogens with one attached hydrogen (secondary N) is 1. The molecule has 7 heteroatoms. The van der Waals surface area contributed by atoms with Crippen molar-refractivity contribution in [1.29, 1.82) is 0 Å². The van der Waals surface area contributed by atoms with Gasteiger partial charge < -0.3 is 14.8 Å². The number of thiazole rings is 1. The maximum atomic E-state index is 11.9. The summed E-state index contributed by atoms with van der Waals surface area (Å²) in [6.45, 7) is 3.49. The van der Waals surface area contributed by atoms with Gasteiger partial charge in [-0.05, 0) is 18.1 Å². The van der Waals surface area contributed by atoms with Gasteiger partial charge >= 0.3 is 5.97 Å². The number of amides is 1. The monoisotopic (exact) mass is 308 g/mol. The normalized spacial score (nSPS) is 12.3. The van der Waals surface area contributed by atoms with Crippen LogP contribution in [0.3, 0.4) is 0 Å². The molecular weight excluding hydrogens is 292 g/mol. The summed E-state index contributed by atoms with van der Waals surface area (Å²) < 4.78 is 5.23. The molecule has 1 atom stereocenters. The van der Waals surface area contributed by atoms with Gasteiger partial charge in [-0.1, -0.05) is 13.8 Å². The van der Waals surface area contributed by atoms with Crippen LogP contribution in [-0.2, 0) is 16.0 Å². The van der Waals surface area contributed by atoms with E-state index in [-0.39, 0.29) is 18.2 Å². The molecule has 21 heavy (non-hydrogen) atoms. The maximum Gasteiger partial charge on any atom is 0.326 e. The molecule has 0 aromatic carbocycles. The summed E-state index contributed by atoms with van der Waals surface area (Å²) in [7, 11) is 0. The van der Waals surface area contributed by atoms with Gasteiger partial charge in [-0.3, -0.25) is 4.79 Å². The molecule has 0 aliphatic rings. The number of carbonyl (C=O) groups is 2. The molecule has 6 nitrogen and oxygen atoms in total. The van der Waals surface area contributed by atoms with Crippen molar-refractivity contribution in [2.75, 3.05) is 0 Å². The van der Waals surface area contributed by atoms with E-state index in [9.17, 15) is 9.59 Å². The number of furan rings is 1. The second-order valence-electron chi connectivity index (χ2n) is 4.93. The number of carbonyl (C=O) groups excluding carboxylic acids is 1. The molecule has 0 bridgehead atoms. The van der Waals surface area contributed by atoms with Crippen LogP contribution in [0.15, 0.2) is 28.2 Å². The molecule has 2 aromatic rings. The number of aliphatic carboxylic acids is 1. The van der Waals surface area contributed by atoms with Crippen molar-refractivity contribution in [2.24, 2.45) is 5.92 Å². The second kappa shape index (κ2) is 6.53. The molecule has 0 saturated carbocycles. The fourth-order valence-corrected chi connectivity index (χ4v) is 2.59. The predicted molar refractivity (Wildman–Crippen MR) is 77.9 cm³/mol. The third-order valence-corrected chi connectivity index (χ3v) is 3.78. The van der Waals surface area contributed by atoms with Crippen LogP contribution in [0.2, 0.25) is 0 Å². The zero-order valence-electron chi connectivity index (χ0n) is 11.7. The van der Waals surface area contributed by atoms with E-state index < -0.39 is 12.0 Å². The Morgan fingerprint density at radius 1 is 1.48 bits per heavy atom. The van der Waals surface area contributed by atoms with Gasteiger partial charge in [-0.15, -0.1) is 11.3 Å². The number of carboxylic acids is 1. The topological polar surface area (TPSA) is 92.4 Å². The summed E-state index contributed by atoms with van der Waals surface area (Å²) in [5.74, 6) is -0.918. The summed E-state index contributed by atoms with van der Waals surface area (Å²) in [6, 6.07) is 2.67. The zero-order valence-corrected chi connectivity index (χ0v) is 12.5. The van der Waals surface area contributed by atoms with E-state index in [1.54, 1.807) is 37.6 Å². The number of nitrogens with zero attached hydrogens (tertiary/aromatic N) is 1. The number of carboxylic acid groups (broad SMARTS) is 1. The van der Waals surface area contributed by atoms with Crippen molar-refractivity contribution in [3.05, 3.63) is 29.5 Å². The first kappa shape index (κ1) is 15.2. The van der Waals surface area contributed by atoms with Gasteiger partial charge in [-0.25, -0.2) is 9.78 Å². The van der Waals surface area contributed by atoms with Crippen molar-refractivity contribution in [2.45, 2.75) is 26.3 Å². The minimum Gasteiger partial charge on any atom is -0.480 e. The van der Waals surface area contributed by atoms with E-state index in [1.165, 1.54) is 11.3 Å². The Labute approximate surface area is 125 Å². The van der Waals surface area contributed by atoms with Crippen LogP contribution in [0.25, 0.3) is 10.8 Å². The first-order valence-corrected chi connectivity index (χ1v) is 7.35. The Morgan fingerprint density at radius 3 is 2.81 bits per heavy atom. The van der Waals surface area contributed by atoms with Crippen LogP contribution < -0.4 is 5.32 Å². The molecule has 2 N–H and O–H groups in total. The Bertz CT molecular complexity index is 619.